The minimum atomic E-state index is -0.634. The van der Waals surface area contributed by atoms with Gasteiger partial charge in [0, 0.05) is 11.8 Å². The number of nitrogen functional groups attached to an aromatic ring is 1. The molecule has 0 bridgehead atoms. The number of amides is 1. The highest BCUT2D eigenvalue weighted by atomic mass is 16.1. The van der Waals surface area contributed by atoms with Crippen LogP contribution in [-0.2, 0) is 12.8 Å². The average Bonchev–Trinajstić information content (AvgIpc) is 2.92. The van der Waals surface area contributed by atoms with Crippen LogP contribution in [0.3, 0.4) is 0 Å². The Morgan fingerprint density at radius 1 is 1.00 bits per heavy atom. The maximum absolute atomic E-state index is 13.1. The first kappa shape index (κ1) is 15.4. The number of primary amides is 1. The van der Waals surface area contributed by atoms with E-state index in [1.165, 1.54) is 17.5 Å². The van der Waals surface area contributed by atoms with Crippen molar-refractivity contribution in [3.8, 4) is 0 Å². The fraction of sp³-hybridized carbons (Fsp3) is 0.200. The Labute approximate surface area is 145 Å². The molecule has 2 heterocycles. The Hall–Kier alpha value is -3.08. The number of rotatable bonds is 3. The zero-order chi connectivity index (χ0) is 17.6. The molecule has 126 valence electrons. The number of aryl methyl sites for hydroxylation is 2. The van der Waals surface area contributed by atoms with E-state index < -0.39 is 5.91 Å². The van der Waals surface area contributed by atoms with E-state index >= 15 is 0 Å². The summed E-state index contributed by atoms with van der Waals surface area (Å²) in [5.74, 6) is -0.828. The number of carbonyl (C=O) groups is 2. The quantitative estimate of drug-likeness (QED) is 0.722. The lowest BCUT2D eigenvalue weighted by atomic mass is 9.89. The molecule has 1 aliphatic carbocycles. The SMILES string of the molecule is NC(=O)c1c(N)c(C(=O)c2ccc3c(c2)CCCC3)n2ccccc12. The molecule has 0 spiro atoms. The molecule has 0 atom stereocenters. The van der Waals surface area contributed by atoms with Gasteiger partial charge in [0.1, 0.15) is 5.69 Å². The number of carbonyl (C=O) groups excluding carboxylic acids is 2. The van der Waals surface area contributed by atoms with Gasteiger partial charge >= 0.3 is 0 Å². The zero-order valence-electron chi connectivity index (χ0n) is 13.8. The van der Waals surface area contributed by atoms with Crippen molar-refractivity contribution in [2.75, 3.05) is 5.73 Å². The van der Waals surface area contributed by atoms with Gasteiger partial charge in [-0.25, -0.2) is 0 Å². The highest BCUT2D eigenvalue weighted by molar-refractivity contribution is 6.17. The van der Waals surface area contributed by atoms with Crippen molar-refractivity contribution in [3.63, 3.8) is 0 Å². The number of anilines is 1. The van der Waals surface area contributed by atoms with Crippen LogP contribution in [-0.4, -0.2) is 16.1 Å². The van der Waals surface area contributed by atoms with Crippen molar-refractivity contribution in [2.45, 2.75) is 25.7 Å². The number of hydrogen-bond donors (Lipinski definition) is 2. The molecule has 3 aromatic rings. The summed E-state index contributed by atoms with van der Waals surface area (Å²) in [6, 6.07) is 11.2. The van der Waals surface area contributed by atoms with E-state index in [1.54, 1.807) is 28.8 Å². The Bertz CT molecular complexity index is 1020. The van der Waals surface area contributed by atoms with Crippen molar-refractivity contribution in [1.82, 2.24) is 4.40 Å². The van der Waals surface area contributed by atoms with Gasteiger partial charge < -0.3 is 15.9 Å². The van der Waals surface area contributed by atoms with E-state index in [4.69, 9.17) is 11.5 Å². The topological polar surface area (TPSA) is 90.6 Å². The molecule has 5 heteroatoms. The molecule has 1 aromatic carbocycles. The fourth-order valence-corrected chi connectivity index (χ4v) is 3.73. The van der Waals surface area contributed by atoms with Crippen LogP contribution in [0, 0.1) is 0 Å². The van der Waals surface area contributed by atoms with Crippen LogP contribution < -0.4 is 11.5 Å². The molecule has 0 unspecified atom stereocenters. The molecule has 2 aromatic heterocycles. The number of pyridine rings is 1. The number of nitrogens with zero attached hydrogens (tertiary/aromatic N) is 1. The van der Waals surface area contributed by atoms with E-state index in [9.17, 15) is 9.59 Å². The summed E-state index contributed by atoms with van der Waals surface area (Å²) >= 11 is 0. The standard InChI is InChI=1S/C20H19N3O2/c21-17-16(20(22)25)15-7-3-4-10-23(15)18(17)19(24)14-9-8-12-5-1-2-6-13(12)11-14/h3-4,7-11H,1-2,5-6,21H2,(H2,22,25). The van der Waals surface area contributed by atoms with Gasteiger partial charge in [-0.1, -0.05) is 18.2 Å². The Kier molecular flexibility index (Phi) is 3.57. The predicted molar refractivity (Wildman–Crippen MR) is 96.8 cm³/mol. The minimum absolute atomic E-state index is 0.140. The summed E-state index contributed by atoms with van der Waals surface area (Å²) in [5, 5.41) is 0. The first-order valence-corrected chi connectivity index (χ1v) is 8.42. The summed E-state index contributed by atoms with van der Waals surface area (Å²) in [4.78, 5) is 25.0. The molecular weight excluding hydrogens is 314 g/mol. The lowest BCUT2D eigenvalue weighted by Crippen LogP contribution is -2.13. The Morgan fingerprint density at radius 3 is 2.52 bits per heavy atom. The van der Waals surface area contributed by atoms with Gasteiger partial charge in [-0.05, 0) is 55.0 Å². The number of hydrogen-bond acceptors (Lipinski definition) is 3. The van der Waals surface area contributed by atoms with E-state index in [-0.39, 0.29) is 17.0 Å². The van der Waals surface area contributed by atoms with E-state index in [0.717, 1.165) is 19.3 Å². The number of aromatic nitrogens is 1. The van der Waals surface area contributed by atoms with Gasteiger partial charge in [0.2, 0.25) is 5.78 Å². The van der Waals surface area contributed by atoms with Crippen LogP contribution in [0.1, 0.15) is 50.4 Å². The van der Waals surface area contributed by atoms with Gasteiger partial charge in [-0.15, -0.1) is 0 Å². The molecule has 0 radical (unpaired) electrons. The molecule has 0 saturated carbocycles. The van der Waals surface area contributed by atoms with Crippen molar-refractivity contribution in [1.29, 1.82) is 0 Å². The van der Waals surface area contributed by atoms with Gasteiger partial charge in [0.15, 0.2) is 0 Å². The van der Waals surface area contributed by atoms with Crippen LogP contribution >= 0.6 is 0 Å². The van der Waals surface area contributed by atoms with Crippen LogP contribution in [0.15, 0.2) is 42.6 Å². The first-order valence-electron chi connectivity index (χ1n) is 8.42. The zero-order valence-corrected chi connectivity index (χ0v) is 13.8. The maximum atomic E-state index is 13.1. The van der Waals surface area contributed by atoms with Crippen LogP contribution in [0.5, 0.6) is 0 Å². The van der Waals surface area contributed by atoms with E-state index in [1.807, 2.05) is 18.2 Å². The third kappa shape index (κ3) is 2.39. The van der Waals surface area contributed by atoms with Gasteiger partial charge in [-0.2, -0.15) is 0 Å². The number of fused-ring (bicyclic) bond motifs is 2. The second kappa shape index (κ2) is 5.77. The Balaban J connectivity index is 1.89. The molecule has 0 fully saturated rings. The lowest BCUT2D eigenvalue weighted by Gasteiger charge is -2.16. The van der Waals surface area contributed by atoms with Crippen molar-refractivity contribution < 1.29 is 9.59 Å². The molecule has 0 saturated heterocycles. The van der Waals surface area contributed by atoms with Crippen molar-refractivity contribution >= 4 is 22.9 Å². The summed E-state index contributed by atoms with van der Waals surface area (Å²) in [5.41, 5.74) is 15.9. The third-order valence-electron chi connectivity index (χ3n) is 4.95. The average molecular weight is 333 g/mol. The lowest BCUT2D eigenvalue weighted by molar-refractivity contribution is 0.100. The summed E-state index contributed by atoms with van der Waals surface area (Å²) in [6.07, 6.45) is 6.12. The first-order chi connectivity index (χ1) is 12.1. The smallest absolute Gasteiger partial charge is 0.253 e. The van der Waals surface area contributed by atoms with Crippen LogP contribution in [0.25, 0.3) is 5.52 Å². The molecule has 25 heavy (non-hydrogen) atoms. The number of nitrogens with two attached hydrogens (primary N) is 2. The second-order valence-corrected chi connectivity index (χ2v) is 6.48. The number of ketones is 1. The second-order valence-electron chi connectivity index (χ2n) is 6.48. The fourth-order valence-electron chi connectivity index (χ4n) is 3.73. The largest absolute Gasteiger partial charge is 0.396 e. The van der Waals surface area contributed by atoms with Crippen molar-refractivity contribution in [3.05, 3.63) is 70.5 Å². The van der Waals surface area contributed by atoms with Crippen LogP contribution in [0.4, 0.5) is 5.69 Å². The highest BCUT2D eigenvalue weighted by Crippen LogP contribution is 2.29. The highest BCUT2D eigenvalue weighted by Gasteiger charge is 2.25. The summed E-state index contributed by atoms with van der Waals surface area (Å²) < 4.78 is 1.65. The molecular formula is C20H19N3O2. The van der Waals surface area contributed by atoms with Crippen LogP contribution in [0.2, 0.25) is 0 Å². The summed E-state index contributed by atoms with van der Waals surface area (Å²) in [6.45, 7) is 0. The van der Waals surface area contributed by atoms with Gasteiger partial charge in [-0.3, -0.25) is 9.59 Å². The third-order valence-corrected chi connectivity index (χ3v) is 4.95. The molecule has 1 amide bonds. The molecule has 1 aliphatic rings. The minimum Gasteiger partial charge on any atom is -0.396 e. The normalized spacial score (nSPS) is 13.6. The van der Waals surface area contributed by atoms with Gasteiger partial charge in [0.05, 0.1) is 16.8 Å². The van der Waals surface area contributed by atoms with Crippen molar-refractivity contribution in [2.24, 2.45) is 5.73 Å². The van der Waals surface area contributed by atoms with Gasteiger partial charge in [0.25, 0.3) is 5.91 Å². The monoisotopic (exact) mass is 333 g/mol. The van der Waals surface area contributed by atoms with E-state index in [2.05, 4.69) is 0 Å². The molecule has 4 rings (SSSR count). The summed E-state index contributed by atoms with van der Waals surface area (Å²) in [7, 11) is 0. The Morgan fingerprint density at radius 2 is 1.76 bits per heavy atom. The molecule has 5 nitrogen and oxygen atoms in total. The predicted octanol–water partition coefficient (Wildman–Crippen LogP) is 2.73. The maximum Gasteiger partial charge on any atom is 0.253 e. The molecule has 4 N–H and O–H groups in total. The van der Waals surface area contributed by atoms with E-state index in [0.29, 0.717) is 16.8 Å². The number of benzene rings is 1. The molecule has 0 aliphatic heterocycles.